The van der Waals surface area contributed by atoms with Crippen LogP contribution in [0.2, 0.25) is 0 Å². The molecule has 0 radical (unpaired) electrons. The number of hydrogen-bond acceptors (Lipinski definition) is 13. The molecular weight excluding hydrogens is 1160 g/mol. The van der Waals surface area contributed by atoms with Gasteiger partial charge in [-0.15, -0.1) is 0 Å². The minimum Gasteiger partial charge on any atom is -0.469 e. The number of Topliss-reactive ketones (excluding diaryl/α,β-unsaturated/α-hetero) is 1. The molecule has 1 aromatic carbocycles. The summed E-state index contributed by atoms with van der Waals surface area (Å²) in [5.41, 5.74) is -6.29. The number of allylic oxidation sites excluding steroid dienone is 3. The summed E-state index contributed by atoms with van der Waals surface area (Å²) in [6.07, 6.45) is 30.3. The van der Waals surface area contributed by atoms with Gasteiger partial charge in [-0.2, -0.15) is 0 Å². The molecule has 13 heteroatoms. The number of benzene rings is 1. The van der Waals surface area contributed by atoms with E-state index in [0.29, 0.717) is 72.6 Å². The van der Waals surface area contributed by atoms with Crippen molar-refractivity contribution in [2.45, 2.75) is 209 Å². The van der Waals surface area contributed by atoms with Gasteiger partial charge >= 0.3 is 11.9 Å². The second-order valence-corrected chi connectivity index (χ2v) is 35.5. The summed E-state index contributed by atoms with van der Waals surface area (Å²) < 4.78 is 38.1. The lowest BCUT2D eigenvalue weighted by molar-refractivity contribution is -0.315. The number of esters is 2. The molecule has 93 heavy (non-hydrogen) atoms. The Kier molecular flexibility index (Phi) is 12.4. The smallest absolute Gasteiger partial charge is 0.339 e. The van der Waals surface area contributed by atoms with Gasteiger partial charge < -0.3 is 43.6 Å². The summed E-state index contributed by atoms with van der Waals surface area (Å²) in [5, 5.41) is 42.1. The van der Waals surface area contributed by atoms with E-state index in [4.69, 9.17) is 23.4 Å². The fourth-order valence-corrected chi connectivity index (χ4v) is 30.0. The number of rotatable bonds is 9. The number of carbonyl (C=O) groups is 3. The lowest BCUT2D eigenvalue weighted by Crippen LogP contribution is -2.83. The van der Waals surface area contributed by atoms with Crippen molar-refractivity contribution in [3.05, 3.63) is 95.6 Å². The van der Waals surface area contributed by atoms with Crippen LogP contribution in [0.5, 0.6) is 0 Å². The number of carbonyl (C=O) groups excluding carboxylic acids is 3. The average Bonchev–Trinajstić information content (AvgIpc) is 1.42. The molecule has 0 amide bonds. The number of aliphatic hydroxyl groups excluding tert-OH is 3. The first kappa shape index (κ1) is 58.6. The Labute approximate surface area is 548 Å². The Balaban J connectivity index is 0.811. The van der Waals surface area contributed by atoms with E-state index in [0.717, 1.165) is 83.8 Å². The number of furan rings is 1. The molecule has 5 saturated heterocycles. The summed E-state index contributed by atoms with van der Waals surface area (Å²) in [6.45, 7) is 8.49. The topological polar surface area (TPSA) is 181 Å². The van der Waals surface area contributed by atoms with E-state index < -0.39 is 98.6 Å². The van der Waals surface area contributed by atoms with Crippen LogP contribution in [-0.2, 0) is 51.8 Å². The second-order valence-electron chi connectivity index (χ2n) is 35.5. The number of nitrogens with one attached hydrogen (secondary N) is 1. The Morgan fingerprint density at radius 1 is 0.882 bits per heavy atom. The van der Waals surface area contributed by atoms with Crippen LogP contribution in [0, 0.1) is 140 Å². The first-order valence-electron chi connectivity index (χ1n) is 37.5. The lowest BCUT2D eigenvalue weighted by Gasteiger charge is -2.74. The first-order chi connectivity index (χ1) is 45.1. The van der Waals surface area contributed by atoms with Gasteiger partial charge in [0.1, 0.15) is 29.7 Å². The van der Waals surface area contributed by atoms with E-state index in [1.165, 1.54) is 49.7 Å². The minimum atomic E-state index is -1.59. The number of nitrogens with zero attached hydrogens (tertiary/aromatic N) is 1. The number of aliphatic hydroxyl groups is 3. The van der Waals surface area contributed by atoms with Crippen molar-refractivity contribution in [2.24, 2.45) is 128 Å². The van der Waals surface area contributed by atoms with Gasteiger partial charge in [-0.05, 0) is 221 Å². The molecule has 8 heterocycles. The van der Waals surface area contributed by atoms with E-state index in [2.05, 4.69) is 104 Å². The molecule has 494 valence electrons. The Morgan fingerprint density at radius 3 is 2.58 bits per heavy atom. The van der Waals surface area contributed by atoms with Crippen molar-refractivity contribution in [1.29, 1.82) is 0 Å². The molecular formula is C80H98N2O11. The molecule has 13 nitrogen and oxygen atoms in total. The maximum Gasteiger partial charge on any atom is 0.339 e. The highest BCUT2D eigenvalue weighted by atomic mass is 16.7. The van der Waals surface area contributed by atoms with Crippen LogP contribution in [0.3, 0.4) is 0 Å². The lowest BCUT2D eigenvalue weighted by atomic mass is 9.28. The molecule has 11 aliphatic carbocycles. The number of epoxide rings is 1. The molecule has 29 unspecified atom stereocenters. The molecule has 9 saturated carbocycles. The predicted octanol–water partition coefficient (Wildman–Crippen LogP) is 11.0. The van der Waals surface area contributed by atoms with Gasteiger partial charge in [0.25, 0.3) is 0 Å². The Bertz CT molecular complexity index is 3650. The third-order valence-electron chi connectivity index (χ3n) is 32.7. The summed E-state index contributed by atoms with van der Waals surface area (Å²) in [4.78, 5) is 53.0. The molecule has 9 bridgehead atoms. The SMILES string of the molecule is CC1C(C2C=C3CC4CC5(CCCC5)CC45CC4CC6(C)C7(c8ccoc8CC(C(O)CO)C8CCC9C(C=CN%10CNCC9%10)C8)CC#CC8CCC(Cc9ccccc9)CC8C8(C(O)C(=O)C9C2(C)OC32C5C(=O)OCC92C48)C62OC2C(=O)O7)C=CC2CCCCC21. The fourth-order valence-electron chi connectivity index (χ4n) is 30.0. The van der Waals surface area contributed by atoms with E-state index in [1.807, 2.05) is 6.07 Å². The first-order valence-corrected chi connectivity index (χ1v) is 37.5. The zero-order chi connectivity index (χ0) is 62.8. The quantitative estimate of drug-likeness (QED) is 0.0807. The van der Waals surface area contributed by atoms with Crippen LogP contribution in [0.15, 0.2) is 83.2 Å². The second kappa shape index (κ2) is 19.6. The van der Waals surface area contributed by atoms with Crippen LogP contribution in [-0.4, -0.2) is 106 Å². The number of ketones is 1. The van der Waals surface area contributed by atoms with Crippen LogP contribution < -0.4 is 5.32 Å². The average molecular weight is 1260 g/mol. The highest BCUT2D eigenvalue weighted by Gasteiger charge is 3.00. The Hall–Kier alpha value is -4.55. The van der Waals surface area contributed by atoms with Gasteiger partial charge in [-0.1, -0.05) is 106 Å². The van der Waals surface area contributed by atoms with Gasteiger partial charge in [0, 0.05) is 47.2 Å². The van der Waals surface area contributed by atoms with Gasteiger partial charge in [-0.3, -0.25) is 14.9 Å². The van der Waals surface area contributed by atoms with Crippen molar-refractivity contribution in [3.63, 3.8) is 0 Å². The molecule has 6 spiro atoms. The van der Waals surface area contributed by atoms with Gasteiger partial charge in [0.05, 0.1) is 54.9 Å². The van der Waals surface area contributed by atoms with Gasteiger partial charge in [0.15, 0.2) is 17.5 Å². The zero-order valence-electron chi connectivity index (χ0n) is 55.0. The summed E-state index contributed by atoms with van der Waals surface area (Å²) in [6, 6.07) is 13.2. The van der Waals surface area contributed by atoms with Crippen LogP contribution in [0.1, 0.15) is 166 Å². The number of hydrogen-bond donors (Lipinski definition) is 4. The maximum absolute atomic E-state index is 18.0. The maximum atomic E-state index is 18.0. The van der Waals surface area contributed by atoms with E-state index in [1.54, 1.807) is 6.26 Å². The predicted molar refractivity (Wildman–Crippen MR) is 343 cm³/mol. The summed E-state index contributed by atoms with van der Waals surface area (Å²) >= 11 is 0. The van der Waals surface area contributed by atoms with Crippen molar-refractivity contribution in [2.75, 3.05) is 26.4 Å². The van der Waals surface area contributed by atoms with Gasteiger partial charge in [-0.25, -0.2) is 4.79 Å². The number of ether oxygens (including phenoxy) is 4. The standard InChI is InChI=1S/C80H98N2O11/c1-44-54-16-8-7-14-47(54)19-21-55(44)60-34-52-33-53-38-74(25-9-10-26-74)41-75(53)37-51-36-72(2)77(58-24-29-89-63(58)35-57(62(84)40-83)49-20-22-56-50(32-49)23-28-82-43-81-39-61(56)82)27-11-15-48-18-17-46(30-45-12-5-4-6-13-45)31-59(48)78(80(72)69(91-80)71(88)92-77)65(51)76-42-90-70(87)67(75)79(52,76)93-73(60,3)66(76)64(85)68(78)86/h4-6,12-13,19,21,23-24,28-29,34,44,46-51,53-57,59-62,65-69,81,83-84,86H,7-10,14,16-18,20,22,25-27,30-33,35-43H2,1-3H3. The normalized spacial score (nSPS) is 52.7. The van der Waals surface area contributed by atoms with Crippen molar-refractivity contribution >= 4 is 17.7 Å². The summed E-state index contributed by atoms with van der Waals surface area (Å²) in [7, 11) is 0. The highest BCUT2D eigenvalue weighted by molar-refractivity contribution is 5.94. The van der Waals surface area contributed by atoms with Gasteiger partial charge in [0.2, 0.25) is 0 Å². The minimum absolute atomic E-state index is 0.0129. The summed E-state index contributed by atoms with van der Waals surface area (Å²) in [5.74, 6) is 6.92. The molecule has 7 aliphatic heterocycles. The third-order valence-corrected chi connectivity index (χ3v) is 32.7. The third kappa shape index (κ3) is 6.93. The van der Waals surface area contributed by atoms with Crippen molar-refractivity contribution in [1.82, 2.24) is 10.2 Å². The van der Waals surface area contributed by atoms with E-state index in [-0.39, 0.29) is 77.5 Å². The van der Waals surface area contributed by atoms with E-state index >= 15 is 19.5 Å². The van der Waals surface area contributed by atoms with Crippen LogP contribution >= 0.6 is 0 Å². The number of fused-ring (bicyclic) bond motifs is 7. The van der Waals surface area contributed by atoms with E-state index in [9.17, 15) is 10.2 Å². The van der Waals surface area contributed by atoms with Crippen molar-refractivity contribution in [3.8, 4) is 11.8 Å². The number of cyclic esters (lactones) is 1. The molecule has 4 N–H and O–H groups in total. The van der Waals surface area contributed by atoms with Crippen molar-refractivity contribution < 1.29 is 53.1 Å². The largest absolute Gasteiger partial charge is 0.469 e. The molecule has 18 aliphatic rings. The molecule has 29 atom stereocenters. The fraction of sp³-hybridized carbons (Fsp3) is 0.738. The molecule has 14 fully saturated rings. The molecule has 2 aromatic rings. The zero-order valence-corrected chi connectivity index (χ0v) is 55.0. The van der Waals surface area contributed by atoms with Crippen LogP contribution in [0.25, 0.3) is 0 Å². The molecule has 20 rings (SSSR count). The highest BCUT2D eigenvalue weighted by Crippen LogP contribution is 2.92. The monoisotopic (exact) mass is 1260 g/mol. The molecule has 1 aromatic heterocycles. The van der Waals surface area contributed by atoms with Crippen LogP contribution in [0.4, 0.5) is 0 Å². The Morgan fingerprint density at radius 2 is 1.73 bits per heavy atom.